The number of hydrogen-bond acceptors (Lipinski definition) is 5. The van der Waals surface area contributed by atoms with Crippen molar-refractivity contribution in [1.82, 2.24) is 10.2 Å². The van der Waals surface area contributed by atoms with Crippen molar-refractivity contribution in [2.45, 2.75) is 26.4 Å². The Morgan fingerprint density at radius 1 is 1.37 bits per heavy atom. The molecule has 0 aliphatic carbocycles. The first kappa shape index (κ1) is 21.5. The maximum absolute atomic E-state index is 12.0. The fourth-order valence-electron chi connectivity index (χ4n) is 2.76. The van der Waals surface area contributed by atoms with Gasteiger partial charge in [0.1, 0.15) is 0 Å². The molecule has 1 aliphatic rings. The molecule has 1 N–H and O–H groups in total. The zero-order valence-electron chi connectivity index (χ0n) is 16.3. The minimum absolute atomic E-state index is 0.0129. The van der Waals surface area contributed by atoms with Gasteiger partial charge in [-0.1, -0.05) is 11.6 Å². The smallest absolute Gasteiger partial charge is 0.243 e. The van der Waals surface area contributed by atoms with Gasteiger partial charge in [0.05, 0.1) is 31.5 Å². The Bertz CT molecular complexity index is 643. The van der Waals surface area contributed by atoms with Crippen LogP contribution in [0.5, 0.6) is 11.5 Å². The van der Waals surface area contributed by atoms with E-state index in [1.807, 2.05) is 13.8 Å². The zero-order chi connectivity index (χ0) is 19.6. The number of hydrogen-bond donors (Lipinski definition) is 1. The number of halogens is 1. The van der Waals surface area contributed by atoms with Gasteiger partial charge in [-0.25, -0.2) is 0 Å². The van der Waals surface area contributed by atoms with Crippen LogP contribution in [-0.4, -0.2) is 63.4 Å². The molecular formula is C20H29ClN2O4. The SMILES string of the molecule is COc1cc(/C=C/C(=O)NCCCN2CCOCC2)cc(Cl)c1OC(C)C. The van der Waals surface area contributed by atoms with Gasteiger partial charge < -0.3 is 19.5 Å². The molecule has 6 nitrogen and oxygen atoms in total. The van der Waals surface area contributed by atoms with Crippen LogP contribution in [0.3, 0.4) is 0 Å². The molecule has 150 valence electrons. The van der Waals surface area contributed by atoms with Crippen LogP contribution in [-0.2, 0) is 9.53 Å². The van der Waals surface area contributed by atoms with Gasteiger partial charge in [-0.05, 0) is 50.6 Å². The van der Waals surface area contributed by atoms with E-state index in [1.165, 1.54) is 6.08 Å². The fourth-order valence-corrected chi connectivity index (χ4v) is 3.02. The van der Waals surface area contributed by atoms with E-state index in [0.717, 1.165) is 44.8 Å². The average molecular weight is 397 g/mol. The van der Waals surface area contributed by atoms with Crippen molar-refractivity contribution in [3.63, 3.8) is 0 Å². The molecule has 0 unspecified atom stereocenters. The van der Waals surface area contributed by atoms with Gasteiger partial charge >= 0.3 is 0 Å². The molecule has 1 aromatic rings. The van der Waals surface area contributed by atoms with Crippen LogP contribution in [0.25, 0.3) is 6.08 Å². The van der Waals surface area contributed by atoms with E-state index in [9.17, 15) is 4.79 Å². The molecule has 0 atom stereocenters. The number of morpholine rings is 1. The number of carbonyl (C=O) groups is 1. The summed E-state index contributed by atoms with van der Waals surface area (Å²) in [5.41, 5.74) is 0.774. The molecule has 27 heavy (non-hydrogen) atoms. The third-order valence-corrected chi connectivity index (χ3v) is 4.37. The number of rotatable bonds is 9. The summed E-state index contributed by atoms with van der Waals surface area (Å²) in [5, 5.41) is 3.35. The summed E-state index contributed by atoms with van der Waals surface area (Å²) in [6, 6.07) is 3.55. The Morgan fingerprint density at radius 2 is 2.11 bits per heavy atom. The van der Waals surface area contributed by atoms with Gasteiger partial charge in [0.25, 0.3) is 0 Å². The lowest BCUT2D eigenvalue weighted by Gasteiger charge is -2.26. The Hall–Kier alpha value is -1.76. The van der Waals surface area contributed by atoms with Crippen molar-refractivity contribution in [2.75, 3.05) is 46.5 Å². The van der Waals surface area contributed by atoms with Crippen LogP contribution in [0.1, 0.15) is 25.8 Å². The number of carbonyl (C=O) groups excluding carboxylic acids is 1. The summed E-state index contributed by atoms with van der Waals surface area (Å²) in [4.78, 5) is 14.3. The molecule has 1 fully saturated rings. The van der Waals surface area contributed by atoms with Crippen molar-refractivity contribution in [3.8, 4) is 11.5 Å². The Kier molecular flexibility index (Phi) is 8.91. The second-order valence-corrected chi connectivity index (χ2v) is 7.04. The van der Waals surface area contributed by atoms with Gasteiger partial charge in [-0.2, -0.15) is 0 Å². The molecule has 1 amide bonds. The highest BCUT2D eigenvalue weighted by Crippen LogP contribution is 2.37. The standard InChI is InChI=1S/C20H29ClN2O4/c1-15(2)27-20-17(21)13-16(14-18(20)25-3)5-6-19(24)22-7-4-8-23-9-11-26-12-10-23/h5-6,13-15H,4,7-12H2,1-3H3,(H,22,24)/b6-5+. The number of benzene rings is 1. The summed E-state index contributed by atoms with van der Waals surface area (Å²) in [6.45, 7) is 8.98. The predicted octanol–water partition coefficient (Wildman–Crippen LogP) is 2.99. The number of amides is 1. The largest absolute Gasteiger partial charge is 0.493 e. The third kappa shape index (κ3) is 7.40. The maximum atomic E-state index is 12.0. The first-order valence-corrected chi connectivity index (χ1v) is 9.67. The lowest BCUT2D eigenvalue weighted by molar-refractivity contribution is -0.116. The monoisotopic (exact) mass is 396 g/mol. The molecule has 1 aromatic carbocycles. The van der Waals surface area contributed by atoms with Crippen LogP contribution in [0.2, 0.25) is 5.02 Å². The topological polar surface area (TPSA) is 60.0 Å². The molecule has 0 bridgehead atoms. The Balaban J connectivity index is 1.83. The minimum Gasteiger partial charge on any atom is -0.493 e. The second-order valence-electron chi connectivity index (χ2n) is 6.63. The van der Waals surface area contributed by atoms with Crippen LogP contribution in [0, 0.1) is 0 Å². The van der Waals surface area contributed by atoms with Crippen molar-refractivity contribution in [2.24, 2.45) is 0 Å². The number of nitrogens with one attached hydrogen (secondary N) is 1. The molecule has 0 saturated carbocycles. The lowest BCUT2D eigenvalue weighted by atomic mass is 10.2. The van der Waals surface area contributed by atoms with Crippen molar-refractivity contribution in [3.05, 3.63) is 28.8 Å². The zero-order valence-corrected chi connectivity index (χ0v) is 17.1. The van der Waals surface area contributed by atoms with Gasteiger partial charge in [0.15, 0.2) is 11.5 Å². The van der Waals surface area contributed by atoms with Gasteiger partial charge in [0.2, 0.25) is 5.91 Å². The van der Waals surface area contributed by atoms with Gasteiger partial charge in [-0.15, -0.1) is 0 Å². The lowest BCUT2D eigenvalue weighted by Crippen LogP contribution is -2.38. The van der Waals surface area contributed by atoms with E-state index in [1.54, 1.807) is 25.3 Å². The molecule has 1 saturated heterocycles. The molecule has 1 heterocycles. The molecule has 0 radical (unpaired) electrons. The van der Waals surface area contributed by atoms with E-state index in [2.05, 4.69) is 10.2 Å². The molecule has 2 rings (SSSR count). The first-order chi connectivity index (χ1) is 13.0. The van der Waals surface area contributed by atoms with Crippen LogP contribution in [0.15, 0.2) is 18.2 Å². The van der Waals surface area contributed by atoms with Crippen molar-refractivity contribution in [1.29, 1.82) is 0 Å². The van der Waals surface area contributed by atoms with E-state index >= 15 is 0 Å². The molecule has 7 heteroatoms. The normalized spacial score (nSPS) is 15.3. The summed E-state index contributed by atoms with van der Waals surface area (Å²) < 4.78 is 16.4. The van der Waals surface area contributed by atoms with Crippen molar-refractivity contribution < 1.29 is 19.0 Å². The predicted molar refractivity (Wildman–Crippen MR) is 108 cm³/mol. The van der Waals surface area contributed by atoms with Crippen LogP contribution < -0.4 is 14.8 Å². The first-order valence-electron chi connectivity index (χ1n) is 9.29. The van der Waals surface area contributed by atoms with E-state index in [0.29, 0.717) is 23.1 Å². The van der Waals surface area contributed by atoms with Gasteiger partial charge in [-0.3, -0.25) is 9.69 Å². The number of ether oxygens (including phenoxy) is 3. The maximum Gasteiger partial charge on any atom is 0.243 e. The van der Waals surface area contributed by atoms with Gasteiger partial charge in [0, 0.05) is 25.7 Å². The Labute approximate surface area is 166 Å². The quantitative estimate of drug-likeness (QED) is 0.513. The van der Waals surface area contributed by atoms with Crippen LogP contribution >= 0.6 is 11.6 Å². The van der Waals surface area contributed by atoms with E-state index in [4.69, 9.17) is 25.8 Å². The highest BCUT2D eigenvalue weighted by atomic mass is 35.5. The number of methoxy groups -OCH3 is 1. The van der Waals surface area contributed by atoms with Crippen molar-refractivity contribution >= 4 is 23.6 Å². The molecule has 0 spiro atoms. The molecular weight excluding hydrogens is 368 g/mol. The van der Waals surface area contributed by atoms with E-state index < -0.39 is 0 Å². The molecule has 1 aliphatic heterocycles. The summed E-state index contributed by atoms with van der Waals surface area (Å²) in [6.07, 6.45) is 4.12. The highest BCUT2D eigenvalue weighted by molar-refractivity contribution is 6.32. The minimum atomic E-state index is -0.130. The number of nitrogens with zero attached hydrogens (tertiary/aromatic N) is 1. The summed E-state index contributed by atoms with van der Waals surface area (Å²) >= 11 is 6.30. The fraction of sp³-hybridized carbons (Fsp3) is 0.550. The van der Waals surface area contributed by atoms with E-state index in [-0.39, 0.29) is 12.0 Å². The highest BCUT2D eigenvalue weighted by Gasteiger charge is 2.13. The second kappa shape index (κ2) is 11.2. The third-order valence-electron chi connectivity index (χ3n) is 4.09. The molecule has 0 aromatic heterocycles. The summed E-state index contributed by atoms with van der Waals surface area (Å²) in [5.74, 6) is 0.926. The Morgan fingerprint density at radius 3 is 2.78 bits per heavy atom. The van der Waals surface area contributed by atoms with Crippen LogP contribution in [0.4, 0.5) is 0 Å². The summed E-state index contributed by atoms with van der Waals surface area (Å²) in [7, 11) is 1.56. The average Bonchev–Trinajstić information content (AvgIpc) is 2.66.